The average Bonchev–Trinajstić information content (AvgIpc) is 2.48. The Balaban J connectivity index is 2.08. The fourth-order valence-electron chi connectivity index (χ4n) is 3.55. The number of rotatable bonds is 3. The summed E-state index contributed by atoms with van der Waals surface area (Å²) in [6.45, 7) is 1.35. The molecule has 0 aromatic rings. The quantitative estimate of drug-likeness (QED) is 0.374. The van der Waals surface area contributed by atoms with E-state index in [1.165, 1.54) is 71.1 Å². The summed E-state index contributed by atoms with van der Waals surface area (Å²) >= 11 is 0. The molecule has 0 aliphatic heterocycles. The Morgan fingerprint density at radius 2 is 1.45 bits per heavy atom. The summed E-state index contributed by atoms with van der Waals surface area (Å²) in [5.41, 5.74) is 6.13. The molecule has 0 radical (unpaired) electrons. The zero-order valence-electron chi connectivity index (χ0n) is 12.5. The van der Waals surface area contributed by atoms with Crippen LogP contribution in [0.25, 0.3) is 0 Å². The zero-order valence-corrected chi connectivity index (χ0v) is 12.5. The molecule has 20 heavy (non-hydrogen) atoms. The van der Waals surface area contributed by atoms with E-state index in [9.17, 15) is 4.79 Å². The standard InChI is InChI=1S/C15H27N3O2/c1-12(19)20-17-15(16)18(13-8-4-2-5-9-13)14-10-6-3-7-11-14/h13-14H,2-11H2,1H3,(H2,16,17). The average molecular weight is 281 g/mol. The van der Waals surface area contributed by atoms with Gasteiger partial charge in [0.25, 0.3) is 0 Å². The molecule has 2 fully saturated rings. The number of carbonyl (C=O) groups is 1. The minimum atomic E-state index is -0.416. The number of hydrogen-bond acceptors (Lipinski definition) is 3. The molecule has 0 saturated heterocycles. The second kappa shape index (κ2) is 7.50. The number of hydrogen-bond donors (Lipinski definition) is 1. The van der Waals surface area contributed by atoms with E-state index in [2.05, 4.69) is 10.1 Å². The SMILES string of the molecule is CC(=O)O/N=C(\N)N(C1CCCCC1)C1CCCCC1. The number of oxime groups is 1. The van der Waals surface area contributed by atoms with Gasteiger partial charge in [0.2, 0.25) is 5.96 Å². The molecule has 0 atom stereocenters. The molecule has 2 aliphatic carbocycles. The van der Waals surface area contributed by atoms with Crippen molar-refractivity contribution in [2.75, 3.05) is 0 Å². The molecule has 2 saturated carbocycles. The summed E-state index contributed by atoms with van der Waals surface area (Å²) in [6, 6.07) is 0.928. The first kappa shape index (κ1) is 15.1. The van der Waals surface area contributed by atoms with Gasteiger partial charge in [0, 0.05) is 19.0 Å². The van der Waals surface area contributed by atoms with Crippen LogP contribution in [0, 0.1) is 0 Å². The van der Waals surface area contributed by atoms with Crippen LogP contribution in [0.1, 0.15) is 71.1 Å². The van der Waals surface area contributed by atoms with Gasteiger partial charge in [-0.3, -0.25) is 0 Å². The van der Waals surface area contributed by atoms with Gasteiger partial charge < -0.3 is 15.5 Å². The first-order valence-electron chi connectivity index (χ1n) is 7.98. The number of nitrogens with zero attached hydrogens (tertiary/aromatic N) is 2. The highest BCUT2D eigenvalue weighted by molar-refractivity contribution is 5.79. The lowest BCUT2D eigenvalue weighted by Crippen LogP contribution is -2.52. The molecule has 0 heterocycles. The highest BCUT2D eigenvalue weighted by Gasteiger charge is 2.30. The molecule has 2 rings (SSSR count). The van der Waals surface area contributed by atoms with Crippen LogP contribution in [0.4, 0.5) is 0 Å². The summed E-state index contributed by atoms with van der Waals surface area (Å²) in [5, 5.41) is 3.85. The largest absolute Gasteiger partial charge is 0.367 e. The van der Waals surface area contributed by atoms with Crippen molar-refractivity contribution in [2.24, 2.45) is 10.9 Å². The molecule has 5 heteroatoms. The van der Waals surface area contributed by atoms with Crippen molar-refractivity contribution in [3.05, 3.63) is 0 Å². The van der Waals surface area contributed by atoms with Crippen LogP contribution in [0.2, 0.25) is 0 Å². The van der Waals surface area contributed by atoms with Gasteiger partial charge in [-0.1, -0.05) is 38.5 Å². The Bertz CT molecular complexity index is 327. The van der Waals surface area contributed by atoms with Crippen LogP contribution in [-0.2, 0) is 9.63 Å². The van der Waals surface area contributed by atoms with E-state index < -0.39 is 5.97 Å². The first-order chi connectivity index (χ1) is 9.68. The smallest absolute Gasteiger partial charge is 0.332 e. The molecule has 5 nitrogen and oxygen atoms in total. The zero-order chi connectivity index (χ0) is 14.4. The topological polar surface area (TPSA) is 67.9 Å². The van der Waals surface area contributed by atoms with Crippen LogP contribution in [0.3, 0.4) is 0 Å². The molecule has 0 amide bonds. The van der Waals surface area contributed by atoms with Gasteiger partial charge in [0.15, 0.2) is 0 Å². The number of nitrogens with two attached hydrogens (primary N) is 1. The van der Waals surface area contributed by atoms with Gasteiger partial charge in [-0.25, -0.2) is 4.79 Å². The predicted molar refractivity (Wildman–Crippen MR) is 79.0 cm³/mol. The van der Waals surface area contributed by atoms with Crippen LogP contribution >= 0.6 is 0 Å². The van der Waals surface area contributed by atoms with Gasteiger partial charge in [-0.2, -0.15) is 0 Å². The lowest BCUT2D eigenvalue weighted by Gasteiger charge is -2.42. The van der Waals surface area contributed by atoms with Crippen LogP contribution in [0.5, 0.6) is 0 Å². The van der Waals surface area contributed by atoms with E-state index in [1.807, 2.05) is 0 Å². The second-order valence-electron chi connectivity index (χ2n) is 6.02. The molecule has 0 unspecified atom stereocenters. The molecule has 0 aromatic heterocycles. The fraction of sp³-hybridized carbons (Fsp3) is 0.867. The van der Waals surface area contributed by atoms with E-state index >= 15 is 0 Å². The molecular formula is C15H27N3O2. The number of carbonyl (C=O) groups excluding carboxylic acids is 1. The summed E-state index contributed by atoms with van der Waals surface area (Å²) < 4.78 is 0. The van der Waals surface area contributed by atoms with E-state index in [4.69, 9.17) is 10.6 Å². The first-order valence-corrected chi connectivity index (χ1v) is 7.98. The Morgan fingerprint density at radius 1 is 1.00 bits per heavy atom. The minimum Gasteiger partial charge on any atom is -0.367 e. The summed E-state index contributed by atoms with van der Waals surface area (Å²) in [6.07, 6.45) is 12.4. The Labute approximate surface area is 121 Å². The Hall–Kier alpha value is -1.26. The van der Waals surface area contributed by atoms with Crippen molar-refractivity contribution in [1.82, 2.24) is 4.90 Å². The fourth-order valence-corrected chi connectivity index (χ4v) is 3.55. The highest BCUT2D eigenvalue weighted by Crippen LogP contribution is 2.29. The van der Waals surface area contributed by atoms with E-state index in [0.29, 0.717) is 18.0 Å². The van der Waals surface area contributed by atoms with Gasteiger partial charge in [0.05, 0.1) is 0 Å². The van der Waals surface area contributed by atoms with E-state index in [1.54, 1.807) is 0 Å². The molecule has 114 valence electrons. The molecule has 2 aliphatic rings. The summed E-state index contributed by atoms with van der Waals surface area (Å²) in [4.78, 5) is 17.9. The number of guanidine groups is 1. The van der Waals surface area contributed by atoms with Gasteiger partial charge in [-0.05, 0) is 30.8 Å². The van der Waals surface area contributed by atoms with Crippen molar-refractivity contribution in [2.45, 2.75) is 83.2 Å². The van der Waals surface area contributed by atoms with Crippen LogP contribution in [0.15, 0.2) is 5.16 Å². The van der Waals surface area contributed by atoms with Gasteiger partial charge in [-0.15, -0.1) is 0 Å². The maximum atomic E-state index is 10.9. The van der Waals surface area contributed by atoms with Gasteiger partial charge in [0.1, 0.15) is 0 Å². The third kappa shape index (κ3) is 4.12. The second-order valence-corrected chi connectivity index (χ2v) is 6.02. The highest BCUT2D eigenvalue weighted by atomic mass is 16.7. The maximum absolute atomic E-state index is 10.9. The molecular weight excluding hydrogens is 254 g/mol. The van der Waals surface area contributed by atoms with Crippen LogP contribution in [-0.4, -0.2) is 28.9 Å². The lowest BCUT2D eigenvalue weighted by atomic mass is 9.89. The molecule has 0 aromatic carbocycles. The Kier molecular flexibility index (Phi) is 5.68. The van der Waals surface area contributed by atoms with E-state index in [0.717, 1.165) is 0 Å². The van der Waals surface area contributed by atoms with Crippen molar-refractivity contribution in [1.29, 1.82) is 0 Å². The minimum absolute atomic E-state index is 0.388. The monoisotopic (exact) mass is 281 g/mol. The molecule has 2 N–H and O–H groups in total. The lowest BCUT2D eigenvalue weighted by molar-refractivity contribution is -0.141. The van der Waals surface area contributed by atoms with Crippen LogP contribution < -0.4 is 5.73 Å². The van der Waals surface area contributed by atoms with Crippen molar-refractivity contribution in [3.63, 3.8) is 0 Å². The Morgan fingerprint density at radius 3 is 1.85 bits per heavy atom. The molecule has 0 spiro atoms. The normalized spacial score (nSPS) is 22.6. The third-order valence-corrected chi connectivity index (χ3v) is 4.47. The third-order valence-electron chi connectivity index (χ3n) is 4.47. The van der Waals surface area contributed by atoms with Gasteiger partial charge >= 0.3 is 5.97 Å². The predicted octanol–water partition coefficient (Wildman–Crippen LogP) is 2.75. The summed E-state index contributed by atoms with van der Waals surface area (Å²) in [5.74, 6) is -0.0285. The molecule has 0 bridgehead atoms. The summed E-state index contributed by atoms with van der Waals surface area (Å²) in [7, 11) is 0. The van der Waals surface area contributed by atoms with E-state index in [-0.39, 0.29) is 0 Å². The van der Waals surface area contributed by atoms with Crippen molar-refractivity contribution >= 4 is 11.9 Å². The maximum Gasteiger partial charge on any atom is 0.332 e. The van der Waals surface area contributed by atoms with Crippen molar-refractivity contribution < 1.29 is 9.63 Å². The van der Waals surface area contributed by atoms with Crippen molar-refractivity contribution in [3.8, 4) is 0 Å².